The minimum atomic E-state index is -0.584. The number of halogens is 2. The molecular weight excluding hydrogens is 469 g/mol. The van der Waals surface area contributed by atoms with Gasteiger partial charge in [-0.25, -0.2) is 10.6 Å². The van der Waals surface area contributed by atoms with Gasteiger partial charge in [0, 0.05) is 45.5 Å². The molecule has 1 aliphatic heterocycles. The number of carbonyl (C=O) groups is 2. The summed E-state index contributed by atoms with van der Waals surface area (Å²) in [7, 11) is 0. The number of carbonyl (C=O) groups excluding carboxylic acids is 2. The van der Waals surface area contributed by atoms with E-state index in [2.05, 4.69) is 10.6 Å². The lowest BCUT2D eigenvalue weighted by atomic mass is 9.92. The normalized spacial score (nSPS) is 14.2. The predicted octanol–water partition coefficient (Wildman–Crippen LogP) is 5.32. The number of urea groups is 1. The predicted molar refractivity (Wildman–Crippen MR) is 128 cm³/mol. The molecule has 0 aromatic heterocycles. The van der Waals surface area contributed by atoms with Crippen molar-refractivity contribution in [1.29, 1.82) is 0 Å². The van der Waals surface area contributed by atoms with Crippen molar-refractivity contribution in [3.05, 3.63) is 98.0 Å². The standard InChI is InChI=1S/C15H11Cl2NO.C7H8N4O3/c16-9-5-6-10(12(17)7-9)14-8-15(19)11-3-1-2-4-13(11)18-14;8-10-7(12)9-5-1-3-6(4-2-5)11(13)14/h1-7,14,18H,8H2;1-4H,8H2,(H2,9,10,12). The molecule has 0 radical (unpaired) electrons. The third-order valence-corrected chi connectivity index (χ3v) is 5.31. The second-order valence-electron chi connectivity index (χ2n) is 6.94. The fourth-order valence-electron chi connectivity index (χ4n) is 3.19. The number of hydrogen-bond acceptors (Lipinski definition) is 6. The molecule has 1 atom stereocenters. The van der Waals surface area contributed by atoms with Gasteiger partial charge in [0.15, 0.2) is 5.78 Å². The number of hydrazine groups is 1. The van der Waals surface area contributed by atoms with E-state index in [1.165, 1.54) is 24.3 Å². The Kier molecular flexibility index (Phi) is 7.83. The first-order chi connectivity index (χ1) is 15.8. The van der Waals surface area contributed by atoms with Crippen LogP contribution >= 0.6 is 23.2 Å². The first-order valence-electron chi connectivity index (χ1n) is 9.64. The quantitative estimate of drug-likeness (QED) is 0.170. The van der Waals surface area contributed by atoms with E-state index in [0.29, 0.717) is 22.2 Å². The van der Waals surface area contributed by atoms with Crippen LogP contribution in [0.25, 0.3) is 0 Å². The van der Waals surface area contributed by atoms with Crippen molar-refractivity contribution in [3.63, 3.8) is 0 Å². The minimum absolute atomic E-state index is 0.0382. The van der Waals surface area contributed by atoms with Crippen molar-refractivity contribution in [2.75, 3.05) is 10.6 Å². The maximum atomic E-state index is 12.1. The number of nitro benzene ring substituents is 1. The molecule has 0 aliphatic carbocycles. The summed E-state index contributed by atoms with van der Waals surface area (Å²) in [5.74, 6) is 4.96. The smallest absolute Gasteiger partial charge is 0.333 e. The van der Waals surface area contributed by atoms with Crippen LogP contribution in [0.4, 0.5) is 21.9 Å². The van der Waals surface area contributed by atoms with Crippen LogP contribution < -0.4 is 21.9 Å². The molecule has 170 valence electrons. The Labute approximate surface area is 199 Å². The van der Waals surface area contributed by atoms with Crippen molar-refractivity contribution in [2.24, 2.45) is 5.84 Å². The molecule has 1 aliphatic rings. The molecule has 11 heteroatoms. The highest BCUT2D eigenvalue weighted by Gasteiger charge is 2.26. The lowest BCUT2D eigenvalue weighted by molar-refractivity contribution is -0.384. The van der Waals surface area contributed by atoms with Crippen LogP contribution in [0, 0.1) is 10.1 Å². The Morgan fingerprint density at radius 2 is 1.79 bits per heavy atom. The molecule has 9 nitrogen and oxygen atoms in total. The molecule has 1 unspecified atom stereocenters. The molecular formula is C22H19Cl2N5O4. The molecule has 2 amide bonds. The van der Waals surface area contributed by atoms with E-state index in [-0.39, 0.29) is 17.5 Å². The number of benzene rings is 3. The Morgan fingerprint density at radius 1 is 1.09 bits per heavy atom. The molecule has 33 heavy (non-hydrogen) atoms. The van der Waals surface area contributed by atoms with Crippen LogP contribution in [-0.2, 0) is 0 Å². The number of para-hydroxylation sites is 1. The summed E-state index contributed by atoms with van der Waals surface area (Å²) in [5, 5.41) is 17.2. The number of hydrogen-bond donors (Lipinski definition) is 4. The third kappa shape index (κ3) is 6.19. The number of nitrogens with zero attached hydrogens (tertiary/aromatic N) is 1. The van der Waals surface area contributed by atoms with Gasteiger partial charge < -0.3 is 10.6 Å². The molecule has 3 aromatic rings. The first kappa shape index (κ1) is 24.0. The van der Waals surface area contributed by atoms with Gasteiger partial charge in [-0.1, -0.05) is 41.4 Å². The van der Waals surface area contributed by atoms with Crippen LogP contribution in [0.5, 0.6) is 0 Å². The van der Waals surface area contributed by atoms with Gasteiger partial charge in [-0.15, -0.1) is 0 Å². The summed E-state index contributed by atoms with van der Waals surface area (Å²) in [4.78, 5) is 32.6. The molecule has 0 saturated carbocycles. The lowest BCUT2D eigenvalue weighted by Gasteiger charge is -2.27. The monoisotopic (exact) mass is 487 g/mol. The highest BCUT2D eigenvalue weighted by molar-refractivity contribution is 6.35. The molecule has 0 fully saturated rings. The van der Waals surface area contributed by atoms with Gasteiger partial charge >= 0.3 is 6.03 Å². The molecule has 1 heterocycles. The number of ketones is 1. The summed E-state index contributed by atoms with van der Waals surface area (Å²) in [5.41, 5.74) is 4.75. The van der Waals surface area contributed by atoms with Crippen LogP contribution in [0.15, 0.2) is 66.7 Å². The number of non-ortho nitro benzene ring substituents is 1. The molecule has 3 aromatic carbocycles. The van der Waals surface area contributed by atoms with Crippen molar-refractivity contribution < 1.29 is 14.5 Å². The second kappa shape index (κ2) is 10.8. The number of nitro groups is 1. The van der Waals surface area contributed by atoms with E-state index in [0.717, 1.165) is 16.8 Å². The van der Waals surface area contributed by atoms with Gasteiger partial charge in [0.1, 0.15) is 0 Å². The third-order valence-electron chi connectivity index (χ3n) is 4.75. The number of Topliss-reactive ketones (excluding diaryl/α,β-unsaturated/α-hetero) is 1. The summed E-state index contributed by atoms with van der Waals surface area (Å²) < 4.78 is 0. The zero-order valence-corrected chi connectivity index (χ0v) is 18.6. The number of amides is 2. The van der Waals surface area contributed by atoms with Gasteiger partial charge in [-0.05, 0) is 42.0 Å². The highest BCUT2D eigenvalue weighted by atomic mass is 35.5. The fourth-order valence-corrected chi connectivity index (χ4v) is 3.73. The van der Waals surface area contributed by atoms with Crippen LogP contribution in [0.1, 0.15) is 28.4 Å². The number of anilines is 2. The van der Waals surface area contributed by atoms with Crippen LogP contribution in [0.3, 0.4) is 0 Å². The maximum Gasteiger partial charge on any atom is 0.333 e. The van der Waals surface area contributed by atoms with Gasteiger partial charge in [-0.3, -0.25) is 20.3 Å². The maximum absolute atomic E-state index is 12.1. The first-order valence-corrected chi connectivity index (χ1v) is 10.4. The Bertz CT molecular complexity index is 1190. The van der Waals surface area contributed by atoms with Crippen molar-refractivity contribution in [2.45, 2.75) is 12.5 Å². The number of fused-ring (bicyclic) bond motifs is 1. The van der Waals surface area contributed by atoms with Crippen molar-refractivity contribution in [1.82, 2.24) is 5.43 Å². The van der Waals surface area contributed by atoms with Gasteiger partial charge in [-0.2, -0.15) is 0 Å². The average molecular weight is 488 g/mol. The van der Waals surface area contributed by atoms with Crippen molar-refractivity contribution in [3.8, 4) is 0 Å². The Balaban J connectivity index is 0.000000196. The SMILES string of the molecule is NNC(=O)Nc1ccc([N+](=O)[O-])cc1.O=C1CC(c2ccc(Cl)cc2Cl)Nc2ccccc21. The Morgan fingerprint density at radius 3 is 2.42 bits per heavy atom. The number of rotatable bonds is 3. The number of nitrogens with two attached hydrogens (primary N) is 1. The molecule has 0 saturated heterocycles. The zero-order valence-electron chi connectivity index (χ0n) is 17.0. The average Bonchev–Trinajstić information content (AvgIpc) is 2.80. The number of nitrogens with one attached hydrogen (secondary N) is 3. The Hall–Kier alpha value is -3.66. The lowest BCUT2D eigenvalue weighted by Crippen LogP contribution is -2.34. The fraction of sp³-hybridized carbons (Fsp3) is 0.0909. The van der Waals surface area contributed by atoms with E-state index < -0.39 is 11.0 Å². The summed E-state index contributed by atoms with van der Waals surface area (Å²) in [6, 6.07) is 17.6. The van der Waals surface area contributed by atoms with Crippen LogP contribution in [-0.4, -0.2) is 16.7 Å². The molecule has 4 rings (SSSR count). The summed E-state index contributed by atoms with van der Waals surface area (Å²) in [6.07, 6.45) is 0.401. The van der Waals surface area contributed by atoms with E-state index >= 15 is 0 Å². The van der Waals surface area contributed by atoms with E-state index in [9.17, 15) is 19.7 Å². The summed E-state index contributed by atoms with van der Waals surface area (Å²) in [6.45, 7) is 0. The second-order valence-corrected chi connectivity index (χ2v) is 7.78. The van der Waals surface area contributed by atoms with E-state index in [1.807, 2.05) is 35.8 Å². The zero-order chi connectivity index (χ0) is 24.0. The summed E-state index contributed by atoms with van der Waals surface area (Å²) >= 11 is 12.1. The van der Waals surface area contributed by atoms with Crippen molar-refractivity contribution >= 4 is 52.1 Å². The van der Waals surface area contributed by atoms with Gasteiger partial charge in [0.25, 0.3) is 5.69 Å². The van der Waals surface area contributed by atoms with Gasteiger partial charge in [0.05, 0.1) is 11.0 Å². The molecule has 0 spiro atoms. The van der Waals surface area contributed by atoms with E-state index in [4.69, 9.17) is 29.0 Å². The van der Waals surface area contributed by atoms with Crippen LogP contribution in [0.2, 0.25) is 10.0 Å². The minimum Gasteiger partial charge on any atom is -0.377 e. The topological polar surface area (TPSA) is 139 Å². The van der Waals surface area contributed by atoms with Gasteiger partial charge in [0.2, 0.25) is 0 Å². The largest absolute Gasteiger partial charge is 0.377 e. The molecule has 0 bridgehead atoms. The highest BCUT2D eigenvalue weighted by Crippen LogP contribution is 2.36. The van der Waals surface area contributed by atoms with E-state index in [1.54, 1.807) is 12.1 Å². The molecule has 5 N–H and O–H groups in total.